The number of hydrogen-bond donors (Lipinski definition) is 3. The minimum Gasteiger partial charge on any atom is -0.340 e. The molecule has 0 saturated carbocycles. The van der Waals surface area contributed by atoms with E-state index in [1.54, 1.807) is 0 Å². The van der Waals surface area contributed by atoms with E-state index in [9.17, 15) is 0 Å². The third-order valence-corrected chi connectivity index (χ3v) is 4.03. The van der Waals surface area contributed by atoms with Crippen molar-refractivity contribution in [1.82, 2.24) is 15.6 Å². The second-order valence-corrected chi connectivity index (χ2v) is 5.43. The van der Waals surface area contributed by atoms with Gasteiger partial charge in [-0.3, -0.25) is 10.3 Å². The second-order valence-electron chi connectivity index (χ2n) is 5.43. The molecule has 1 aromatic heterocycles. The smallest absolute Gasteiger partial charge is 0.0497 e. The van der Waals surface area contributed by atoms with Crippen molar-refractivity contribution in [2.24, 2.45) is 5.73 Å². The number of aromatic nitrogens is 1. The topological polar surface area (TPSA) is 66.2 Å². The number of pyridine rings is 1. The summed E-state index contributed by atoms with van der Waals surface area (Å²) in [6.45, 7) is 3.51. The summed E-state index contributed by atoms with van der Waals surface area (Å²) in [7, 11) is 0. The molecule has 3 rings (SSSR count). The van der Waals surface area contributed by atoms with Crippen LogP contribution in [0.1, 0.15) is 12.8 Å². The monoisotopic (exact) mass is 285 g/mol. The Morgan fingerprint density at radius 1 is 1.33 bits per heavy atom. The molecule has 0 amide bonds. The third-order valence-electron chi connectivity index (χ3n) is 4.03. The van der Waals surface area contributed by atoms with Crippen molar-refractivity contribution in [3.63, 3.8) is 0 Å². The largest absolute Gasteiger partial charge is 0.340 e. The third kappa shape index (κ3) is 3.32. The first-order valence-corrected chi connectivity index (χ1v) is 7.61. The van der Waals surface area contributed by atoms with Crippen LogP contribution >= 0.6 is 0 Å². The number of allylic oxidation sites excluding steroid dienone is 1. The van der Waals surface area contributed by atoms with Gasteiger partial charge in [-0.1, -0.05) is 6.08 Å². The van der Waals surface area contributed by atoms with Gasteiger partial charge in [0.2, 0.25) is 0 Å². The van der Waals surface area contributed by atoms with Crippen molar-refractivity contribution in [2.45, 2.75) is 18.9 Å². The van der Waals surface area contributed by atoms with E-state index in [2.05, 4.69) is 44.8 Å². The van der Waals surface area contributed by atoms with E-state index in [-0.39, 0.29) is 0 Å². The molecule has 0 radical (unpaired) electrons. The first kappa shape index (κ1) is 14.3. The van der Waals surface area contributed by atoms with Crippen LogP contribution in [0.4, 0.5) is 5.69 Å². The number of hydrogen-bond acceptors (Lipinski definition) is 5. The average molecular weight is 285 g/mol. The van der Waals surface area contributed by atoms with Crippen LogP contribution in [-0.2, 0) is 0 Å². The lowest BCUT2D eigenvalue weighted by atomic mass is 9.99. The van der Waals surface area contributed by atoms with Crippen LogP contribution in [-0.4, -0.2) is 37.3 Å². The van der Waals surface area contributed by atoms with Crippen LogP contribution in [0, 0.1) is 0 Å². The summed E-state index contributed by atoms with van der Waals surface area (Å²) in [4.78, 5) is 6.48. The Labute approximate surface area is 125 Å². The van der Waals surface area contributed by atoms with Crippen LogP contribution in [0.25, 0.3) is 0 Å². The molecule has 1 aromatic rings. The predicted octanol–water partition coefficient (Wildman–Crippen LogP) is 0.970. The molecule has 0 bridgehead atoms. The zero-order valence-corrected chi connectivity index (χ0v) is 12.3. The van der Waals surface area contributed by atoms with Crippen molar-refractivity contribution in [2.75, 3.05) is 31.2 Å². The quantitative estimate of drug-likeness (QED) is 0.769. The van der Waals surface area contributed by atoms with E-state index in [0.29, 0.717) is 12.6 Å². The Morgan fingerprint density at radius 3 is 2.90 bits per heavy atom. The normalized spacial score (nSPS) is 22.7. The SMILES string of the molecule is NCCC1=CCN(c2ccncc2)C(C2CCNCN2)=C1. The molecule has 5 heteroatoms. The van der Waals surface area contributed by atoms with E-state index in [0.717, 1.165) is 32.6 Å². The lowest BCUT2D eigenvalue weighted by Gasteiger charge is -2.37. The van der Waals surface area contributed by atoms with Gasteiger partial charge in [0.25, 0.3) is 0 Å². The molecule has 1 unspecified atom stereocenters. The molecule has 112 valence electrons. The van der Waals surface area contributed by atoms with Crippen LogP contribution in [0.3, 0.4) is 0 Å². The summed E-state index contributed by atoms with van der Waals surface area (Å²) < 4.78 is 0. The molecule has 3 heterocycles. The number of anilines is 1. The average Bonchev–Trinajstić information content (AvgIpc) is 2.57. The van der Waals surface area contributed by atoms with E-state index in [1.807, 2.05) is 12.4 Å². The minimum absolute atomic E-state index is 0.390. The van der Waals surface area contributed by atoms with Gasteiger partial charge >= 0.3 is 0 Å². The van der Waals surface area contributed by atoms with Crippen molar-refractivity contribution in [3.05, 3.63) is 47.9 Å². The molecule has 21 heavy (non-hydrogen) atoms. The maximum Gasteiger partial charge on any atom is 0.0497 e. The fourth-order valence-corrected chi connectivity index (χ4v) is 2.93. The first-order valence-electron chi connectivity index (χ1n) is 7.61. The van der Waals surface area contributed by atoms with Gasteiger partial charge in [-0.2, -0.15) is 0 Å². The van der Waals surface area contributed by atoms with E-state index in [4.69, 9.17) is 5.73 Å². The maximum absolute atomic E-state index is 5.71. The fourth-order valence-electron chi connectivity index (χ4n) is 2.93. The van der Waals surface area contributed by atoms with Crippen LogP contribution < -0.4 is 21.3 Å². The number of nitrogens with zero attached hydrogens (tertiary/aromatic N) is 2. The molecular formula is C16H23N5. The van der Waals surface area contributed by atoms with Crippen LogP contribution in [0.15, 0.2) is 47.9 Å². The van der Waals surface area contributed by atoms with E-state index >= 15 is 0 Å². The maximum atomic E-state index is 5.71. The Balaban J connectivity index is 1.87. The van der Waals surface area contributed by atoms with Gasteiger partial charge < -0.3 is 16.0 Å². The summed E-state index contributed by atoms with van der Waals surface area (Å²) in [5.41, 5.74) is 9.59. The van der Waals surface area contributed by atoms with Crippen molar-refractivity contribution in [1.29, 1.82) is 0 Å². The Morgan fingerprint density at radius 2 is 2.19 bits per heavy atom. The summed E-state index contributed by atoms with van der Waals surface area (Å²) in [5, 5.41) is 6.90. The molecule has 1 fully saturated rings. The standard InChI is InChI=1S/C16H23N5/c17-6-1-13-5-10-21(14-2-7-18-8-3-14)16(11-13)15-4-9-19-12-20-15/h2-3,5,7-8,11,15,19-20H,1,4,6,9-10,12,17H2. The van der Waals surface area contributed by atoms with Crippen molar-refractivity contribution >= 4 is 5.69 Å². The lowest BCUT2D eigenvalue weighted by molar-refractivity contribution is 0.418. The van der Waals surface area contributed by atoms with Gasteiger partial charge in [0.15, 0.2) is 0 Å². The second kappa shape index (κ2) is 6.85. The first-order chi connectivity index (χ1) is 10.4. The Bertz CT molecular complexity index is 517. The summed E-state index contributed by atoms with van der Waals surface area (Å²) in [6.07, 6.45) is 10.3. The van der Waals surface area contributed by atoms with E-state index in [1.165, 1.54) is 17.0 Å². The lowest BCUT2D eigenvalue weighted by Crippen LogP contribution is -2.49. The molecule has 0 aromatic carbocycles. The highest BCUT2D eigenvalue weighted by Gasteiger charge is 2.24. The van der Waals surface area contributed by atoms with Gasteiger partial charge in [-0.15, -0.1) is 0 Å². The molecule has 4 N–H and O–H groups in total. The van der Waals surface area contributed by atoms with E-state index < -0.39 is 0 Å². The highest BCUT2D eigenvalue weighted by atomic mass is 15.2. The molecule has 2 aliphatic heterocycles. The molecule has 1 saturated heterocycles. The van der Waals surface area contributed by atoms with Gasteiger partial charge in [0.05, 0.1) is 0 Å². The number of nitrogens with two attached hydrogens (primary N) is 1. The minimum atomic E-state index is 0.390. The summed E-state index contributed by atoms with van der Waals surface area (Å²) >= 11 is 0. The fraction of sp³-hybridized carbons (Fsp3) is 0.438. The molecule has 0 aliphatic carbocycles. The van der Waals surface area contributed by atoms with Crippen molar-refractivity contribution < 1.29 is 0 Å². The highest BCUT2D eigenvalue weighted by Crippen LogP contribution is 2.27. The van der Waals surface area contributed by atoms with Crippen molar-refractivity contribution in [3.8, 4) is 0 Å². The molecule has 2 aliphatic rings. The van der Waals surface area contributed by atoms with Gasteiger partial charge in [-0.25, -0.2) is 0 Å². The molecule has 5 nitrogen and oxygen atoms in total. The Hall–Kier alpha value is -1.69. The predicted molar refractivity (Wildman–Crippen MR) is 85.8 cm³/mol. The van der Waals surface area contributed by atoms with Gasteiger partial charge in [0.1, 0.15) is 0 Å². The summed E-state index contributed by atoms with van der Waals surface area (Å²) in [5.74, 6) is 0. The molecular weight excluding hydrogens is 262 g/mol. The summed E-state index contributed by atoms with van der Waals surface area (Å²) in [6, 6.07) is 4.52. The molecule has 1 atom stereocenters. The van der Waals surface area contributed by atoms with Gasteiger partial charge in [0, 0.05) is 43.0 Å². The molecule has 0 spiro atoms. The zero-order valence-electron chi connectivity index (χ0n) is 12.3. The van der Waals surface area contributed by atoms with Gasteiger partial charge in [-0.05, 0) is 49.7 Å². The van der Waals surface area contributed by atoms with Crippen LogP contribution in [0.5, 0.6) is 0 Å². The number of nitrogens with one attached hydrogen (secondary N) is 2. The number of rotatable bonds is 4. The Kier molecular flexibility index (Phi) is 4.65. The highest BCUT2D eigenvalue weighted by molar-refractivity contribution is 5.56. The van der Waals surface area contributed by atoms with Crippen LogP contribution in [0.2, 0.25) is 0 Å². The zero-order chi connectivity index (χ0) is 14.5.